The molecule has 2 aromatic rings. The van der Waals surface area contributed by atoms with Crippen LogP contribution in [0.1, 0.15) is 24.9 Å². The van der Waals surface area contributed by atoms with E-state index in [4.69, 9.17) is 10.5 Å². The summed E-state index contributed by atoms with van der Waals surface area (Å²) >= 11 is 3.13. The highest BCUT2D eigenvalue weighted by molar-refractivity contribution is 9.10. The van der Waals surface area contributed by atoms with Crippen molar-refractivity contribution in [1.82, 2.24) is 0 Å². The quantitative estimate of drug-likeness (QED) is 0.877. The van der Waals surface area contributed by atoms with Crippen LogP contribution in [-0.4, -0.2) is 0 Å². The van der Waals surface area contributed by atoms with E-state index in [1.54, 1.807) is 12.1 Å². The molecule has 0 saturated heterocycles. The van der Waals surface area contributed by atoms with Crippen molar-refractivity contribution in [2.75, 3.05) is 0 Å². The normalized spacial score (nSPS) is 12.2. The van der Waals surface area contributed by atoms with Gasteiger partial charge in [-0.15, -0.1) is 0 Å². The van der Waals surface area contributed by atoms with Gasteiger partial charge in [0.2, 0.25) is 0 Å². The molecule has 0 aromatic heterocycles. The zero-order valence-electron chi connectivity index (χ0n) is 10.6. The first-order valence-corrected chi connectivity index (χ1v) is 6.88. The predicted molar refractivity (Wildman–Crippen MR) is 77.8 cm³/mol. The molecule has 4 heteroatoms. The van der Waals surface area contributed by atoms with Gasteiger partial charge in [-0.2, -0.15) is 0 Å². The maximum Gasteiger partial charge on any atom is 0.137 e. The zero-order valence-corrected chi connectivity index (χ0v) is 12.2. The van der Waals surface area contributed by atoms with Crippen LogP contribution in [0.5, 0.6) is 11.5 Å². The predicted octanol–water partition coefficient (Wildman–Crippen LogP) is 4.79. The molecule has 2 aromatic carbocycles. The summed E-state index contributed by atoms with van der Waals surface area (Å²) in [5, 5.41) is 0. The summed E-state index contributed by atoms with van der Waals surface area (Å²) < 4.78 is 19.2. The van der Waals surface area contributed by atoms with Gasteiger partial charge in [-0.25, -0.2) is 4.39 Å². The van der Waals surface area contributed by atoms with E-state index in [1.807, 2.05) is 31.2 Å². The molecule has 0 spiro atoms. The number of hydrogen-bond acceptors (Lipinski definition) is 2. The van der Waals surface area contributed by atoms with Crippen LogP contribution in [0.3, 0.4) is 0 Å². The molecule has 1 atom stereocenters. The first kappa shape index (κ1) is 14.0. The topological polar surface area (TPSA) is 35.2 Å². The molecule has 1 unspecified atom stereocenters. The van der Waals surface area contributed by atoms with Crippen molar-refractivity contribution < 1.29 is 9.13 Å². The Hall–Kier alpha value is -1.39. The second kappa shape index (κ2) is 6.17. The van der Waals surface area contributed by atoms with Crippen molar-refractivity contribution in [3.63, 3.8) is 0 Å². The largest absolute Gasteiger partial charge is 0.457 e. The lowest BCUT2D eigenvalue weighted by Crippen LogP contribution is -2.08. The Labute approximate surface area is 120 Å². The molecule has 100 valence electrons. The lowest BCUT2D eigenvalue weighted by atomic mass is 10.1. The molecule has 0 bridgehead atoms. The highest BCUT2D eigenvalue weighted by Gasteiger charge is 2.06. The van der Waals surface area contributed by atoms with Crippen LogP contribution in [-0.2, 0) is 0 Å². The van der Waals surface area contributed by atoms with Gasteiger partial charge in [0.25, 0.3) is 0 Å². The maximum atomic E-state index is 13.1. The van der Waals surface area contributed by atoms with E-state index in [0.717, 1.165) is 12.0 Å². The Morgan fingerprint density at radius 3 is 2.63 bits per heavy atom. The number of rotatable bonds is 4. The van der Waals surface area contributed by atoms with Gasteiger partial charge < -0.3 is 10.5 Å². The summed E-state index contributed by atoms with van der Waals surface area (Å²) in [7, 11) is 0. The first-order valence-electron chi connectivity index (χ1n) is 6.08. The maximum absolute atomic E-state index is 13.1. The number of ether oxygens (including phenoxy) is 1. The van der Waals surface area contributed by atoms with Gasteiger partial charge in [-0.05, 0) is 58.2 Å². The zero-order chi connectivity index (χ0) is 13.8. The Bertz CT molecular complexity index is 574. The standard InChI is InChI=1S/C15H15BrFNO/c1-2-15(18)10-4-3-5-11(8-10)19-12-6-7-14(17)13(16)9-12/h3-9,15H,2,18H2,1H3. The van der Waals surface area contributed by atoms with Crippen molar-refractivity contribution >= 4 is 15.9 Å². The third-order valence-corrected chi connectivity index (χ3v) is 3.46. The molecule has 0 heterocycles. The average Bonchev–Trinajstić information content (AvgIpc) is 2.42. The van der Waals surface area contributed by atoms with E-state index in [1.165, 1.54) is 6.07 Å². The molecule has 0 aliphatic heterocycles. The third-order valence-electron chi connectivity index (χ3n) is 2.85. The van der Waals surface area contributed by atoms with Crippen LogP contribution < -0.4 is 10.5 Å². The van der Waals surface area contributed by atoms with Crippen LogP contribution in [0.4, 0.5) is 4.39 Å². The molecule has 2 nitrogen and oxygen atoms in total. The summed E-state index contributed by atoms with van der Waals surface area (Å²) in [5.74, 6) is 0.963. The van der Waals surface area contributed by atoms with Crippen molar-refractivity contribution in [1.29, 1.82) is 0 Å². The van der Waals surface area contributed by atoms with Gasteiger partial charge >= 0.3 is 0 Å². The smallest absolute Gasteiger partial charge is 0.137 e. The minimum absolute atomic E-state index is 0.00324. The minimum Gasteiger partial charge on any atom is -0.457 e. The van der Waals surface area contributed by atoms with E-state index >= 15 is 0 Å². The molecular weight excluding hydrogens is 309 g/mol. The average molecular weight is 324 g/mol. The summed E-state index contributed by atoms with van der Waals surface area (Å²) in [5.41, 5.74) is 7.02. The van der Waals surface area contributed by atoms with Crippen molar-refractivity contribution in [2.45, 2.75) is 19.4 Å². The van der Waals surface area contributed by atoms with Crippen LogP contribution in [0.25, 0.3) is 0 Å². The third kappa shape index (κ3) is 3.55. The molecule has 0 fully saturated rings. The van der Waals surface area contributed by atoms with Crippen LogP contribution >= 0.6 is 15.9 Å². The lowest BCUT2D eigenvalue weighted by molar-refractivity contribution is 0.478. The lowest BCUT2D eigenvalue weighted by Gasteiger charge is -2.12. The van der Waals surface area contributed by atoms with Crippen LogP contribution in [0.15, 0.2) is 46.9 Å². The molecular formula is C15H15BrFNO. The number of hydrogen-bond donors (Lipinski definition) is 1. The molecule has 0 aliphatic rings. The monoisotopic (exact) mass is 323 g/mol. The van der Waals surface area contributed by atoms with Crippen LogP contribution in [0.2, 0.25) is 0 Å². The summed E-state index contributed by atoms with van der Waals surface area (Å²) in [6.45, 7) is 2.04. The van der Waals surface area contributed by atoms with Crippen molar-refractivity contribution in [2.24, 2.45) is 5.73 Å². The Morgan fingerprint density at radius 2 is 1.95 bits per heavy atom. The van der Waals surface area contributed by atoms with Gasteiger partial charge in [0.15, 0.2) is 0 Å². The fourth-order valence-electron chi connectivity index (χ4n) is 1.72. The fraction of sp³-hybridized carbons (Fsp3) is 0.200. The molecule has 0 aliphatic carbocycles. The molecule has 19 heavy (non-hydrogen) atoms. The second-order valence-corrected chi connectivity index (χ2v) is 5.12. The SMILES string of the molecule is CCC(N)c1cccc(Oc2ccc(F)c(Br)c2)c1. The van der Waals surface area contributed by atoms with E-state index in [0.29, 0.717) is 16.0 Å². The van der Waals surface area contributed by atoms with Crippen molar-refractivity contribution in [3.8, 4) is 11.5 Å². The molecule has 0 amide bonds. The fourth-order valence-corrected chi connectivity index (χ4v) is 2.08. The summed E-state index contributed by atoms with van der Waals surface area (Å²) in [6.07, 6.45) is 0.867. The van der Waals surface area contributed by atoms with Gasteiger partial charge in [-0.3, -0.25) is 0 Å². The van der Waals surface area contributed by atoms with E-state index in [9.17, 15) is 4.39 Å². The molecule has 0 saturated carbocycles. The first-order chi connectivity index (χ1) is 9.10. The number of halogens is 2. The molecule has 0 radical (unpaired) electrons. The Balaban J connectivity index is 2.20. The Morgan fingerprint density at radius 1 is 1.21 bits per heavy atom. The van der Waals surface area contributed by atoms with E-state index in [2.05, 4.69) is 15.9 Å². The Kier molecular flexibility index (Phi) is 4.56. The molecule has 2 N–H and O–H groups in total. The van der Waals surface area contributed by atoms with E-state index < -0.39 is 0 Å². The van der Waals surface area contributed by atoms with Gasteiger partial charge in [0, 0.05) is 6.04 Å². The summed E-state index contributed by atoms with van der Waals surface area (Å²) in [4.78, 5) is 0. The van der Waals surface area contributed by atoms with Crippen LogP contribution in [0, 0.1) is 5.82 Å². The van der Waals surface area contributed by atoms with Gasteiger partial charge in [-0.1, -0.05) is 19.1 Å². The van der Waals surface area contributed by atoms with E-state index in [-0.39, 0.29) is 11.9 Å². The van der Waals surface area contributed by atoms with Gasteiger partial charge in [0.05, 0.1) is 4.47 Å². The highest BCUT2D eigenvalue weighted by Crippen LogP contribution is 2.28. The minimum atomic E-state index is -0.311. The summed E-state index contributed by atoms with van der Waals surface area (Å²) in [6, 6.07) is 12.2. The molecule has 2 rings (SSSR count). The second-order valence-electron chi connectivity index (χ2n) is 4.27. The highest BCUT2D eigenvalue weighted by atomic mass is 79.9. The number of nitrogens with two attached hydrogens (primary N) is 1. The van der Waals surface area contributed by atoms with Crippen molar-refractivity contribution in [3.05, 3.63) is 58.3 Å². The number of benzene rings is 2. The van der Waals surface area contributed by atoms with Gasteiger partial charge in [0.1, 0.15) is 17.3 Å².